The van der Waals surface area contributed by atoms with Gasteiger partial charge in [0.05, 0.1) is 6.04 Å². The highest BCUT2D eigenvalue weighted by molar-refractivity contribution is 5.33. The minimum Gasteiger partial charge on any atom is -0.353 e. The van der Waals surface area contributed by atoms with E-state index in [1.165, 1.54) is 11.1 Å². The smallest absolute Gasteiger partial charge is 0.243 e. The second kappa shape index (κ2) is 4.33. The number of benzene rings is 1. The van der Waals surface area contributed by atoms with Crippen molar-refractivity contribution in [3.63, 3.8) is 0 Å². The molecule has 1 unspecified atom stereocenters. The molecule has 0 saturated carbocycles. The quantitative estimate of drug-likeness (QED) is 0.852. The summed E-state index contributed by atoms with van der Waals surface area (Å²) in [6, 6.07) is 9.05. The molecular weight excluding hydrogens is 238 g/mol. The van der Waals surface area contributed by atoms with Gasteiger partial charge in [-0.1, -0.05) is 50.1 Å². The fourth-order valence-electron chi connectivity index (χ4n) is 2.48. The van der Waals surface area contributed by atoms with E-state index < -0.39 is 0 Å². The van der Waals surface area contributed by atoms with Crippen LogP contribution in [0.2, 0.25) is 0 Å². The van der Waals surface area contributed by atoms with Gasteiger partial charge in [0.1, 0.15) is 0 Å². The molecule has 1 aromatic carbocycles. The van der Waals surface area contributed by atoms with Gasteiger partial charge in [0, 0.05) is 6.54 Å². The first-order valence-electron chi connectivity index (χ1n) is 6.68. The van der Waals surface area contributed by atoms with Crippen LogP contribution in [0.15, 0.2) is 24.3 Å². The van der Waals surface area contributed by atoms with Gasteiger partial charge in [-0.3, -0.25) is 0 Å². The molecule has 1 atom stereocenters. The molecule has 0 fully saturated rings. The summed E-state index contributed by atoms with van der Waals surface area (Å²) in [5, 5.41) is 15.0. The van der Waals surface area contributed by atoms with Crippen LogP contribution >= 0.6 is 0 Å². The molecule has 5 nitrogen and oxygen atoms in total. The molecule has 0 amide bonds. The van der Waals surface area contributed by atoms with Crippen LogP contribution < -0.4 is 5.32 Å². The third-order valence-electron chi connectivity index (χ3n) is 3.65. The van der Waals surface area contributed by atoms with Crippen molar-refractivity contribution in [2.24, 2.45) is 0 Å². The largest absolute Gasteiger partial charge is 0.353 e. The normalized spacial score (nSPS) is 18.8. The Morgan fingerprint density at radius 1 is 1.21 bits per heavy atom. The summed E-state index contributed by atoms with van der Waals surface area (Å²) >= 11 is 0. The minimum atomic E-state index is 0.187. The number of aromatic nitrogens is 4. The van der Waals surface area contributed by atoms with E-state index in [9.17, 15) is 0 Å². The lowest BCUT2D eigenvalue weighted by atomic mass is 9.86. The number of rotatable bonds is 1. The van der Waals surface area contributed by atoms with Gasteiger partial charge in [-0.2, -0.15) is 0 Å². The molecule has 0 aliphatic carbocycles. The summed E-state index contributed by atoms with van der Waals surface area (Å²) in [6.45, 7) is 7.59. The molecule has 0 saturated heterocycles. The summed E-state index contributed by atoms with van der Waals surface area (Å²) < 4.78 is 1.87. The number of hydrogen-bond acceptors (Lipinski definition) is 4. The maximum atomic E-state index is 4.08. The zero-order valence-electron chi connectivity index (χ0n) is 11.6. The van der Waals surface area contributed by atoms with Crippen molar-refractivity contribution in [2.45, 2.75) is 38.6 Å². The topological polar surface area (TPSA) is 55.6 Å². The molecule has 1 aliphatic heterocycles. The first kappa shape index (κ1) is 12.1. The van der Waals surface area contributed by atoms with E-state index >= 15 is 0 Å². The van der Waals surface area contributed by atoms with E-state index in [0.29, 0.717) is 0 Å². The molecule has 0 bridgehead atoms. The van der Waals surface area contributed by atoms with Crippen LogP contribution in [0.3, 0.4) is 0 Å². The third-order valence-corrected chi connectivity index (χ3v) is 3.65. The summed E-state index contributed by atoms with van der Waals surface area (Å²) in [7, 11) is 0. The van der Waals surface area contributed by atoms with Crippen LogP contribution in [-0.2, 0) is 5.41 Å². The van der Waals surface area contributed by atoms with Crippen LogP contribution in [0.25, 0.3) is 0 Å². The molecule has 5 heteroatoms. The lowest BCUT2D eigenvalue weighted by Gasteiger charge is -2.25. The summed E-state index contributed by atoms with van der Waals surface area (Å²) in [6.07, 6.45) is 1.01. The number of nitrogens with zero attached hydrogens (tertiary/aromatic N) is 4. The zero-order valence-corrected chi connectivity index (χ0v) is 11.6. The maximum absolute atomic E-state index is 4.08. The predicted molar refractivity (Wildman–Crippen MR) is 74.2 cm³/mol. The van der Waals surface area contributed by atoms with Crippen molar-refractivity contribution in [2.75, 3.05) is 11.9 Å². The summed E-state index contributed by atoms with van der Waals surface area (Å²) in [4.78, 5) is 0. The molecule has 3 rings (SSSR count). The van der Waals surface area contributed by atoms with E-state index in [0.717, 1.165) is 18.9 Å². The lowest BCUT2D eigenvalue weighted by Crippen LogP contribution is -2.24. The van der Waals surface area contributed by atoms with Crippen LogP contribution in [0.4, 0.5) is 5.95 Å². The van der Waals surface area contributed by atoms with Crippen LogP contribution in [0.1, 0.15) is 44.4 Å². The van der Waals surface area contributed by atoms with E-state index in [1.807, 2.05) is 4.68 Å². The van der Waals surface area contributed by atoms with Gasteiger partial charge in [0.2, 0.25) is 5.95 Å². The third kappa shape index (κ3) is 2.20. The van der Waals surface area contributed by atoms with Gasteiger partial charge in [0.25, 0.3) is 0 Å². The van der Waals surface area contributed by atoms with Crippen molar-refractivity contribution in [3.05, 3.63) is 35.4 Å². The Hall–Kier alpha value is -1.91. The molecule has 1 aromatic heterocycles. The van der Waals surface area contributed by atoms with Crippen molar-refractivity contribution < 1.29 is 0 Å². The van der Waals surface area contributed by atoms with Crippen LogP contribution in [0, 0.1) is 0 Å². The molecule has 1 aliphatic rings. The average Bonchev–Trinajstić information content (AvgIpc) is 2.86. The van der Waals surface area contributed by atoms with Gasteiger partial charge in [0.15, 0.2) is 0 Å². The molecule has 0 spiro atoms. The fraction of sp³-hybridized carbons (Fsp3) is 0.500. The highest BCUT2D eigenvalue weighted by Crippen LogP contribution is 2.29. The molecule has 19 heavy (non-hydrogen) atoms. The van der Waals surface area contributed by atoms with Crippen LogP contribution in [0.5, 0.6) is 0 Å². The maximum Gasteiger partial charge on any atom is 0.243 e. The molecular formula is C14H19N5. The Balaban J connectivity index is 1.93. The Morgan fingerprint density at radius 3 is 2.63 bits per heavy atom. The monoisotopic (exact) mass is 257 g/mol. The molecule has 100 valence electrons. The number of hydrogen-bond donors (Lipinski definition) is 1. The molecule has 2 heterocycles. The highest BCUT2D eigenvalue weighted by Gasteiger charge is 2.23. The Morgan fingerprint density at radius 2 is 1.95 bits per heavy atom. The van der Waals surface area contributed by atoms with E-state index in [-0.39, 0.29) is 11.5 Å². The first-order valence-corrected chi connectivity index (χ1v) is 6.68. The van der Waals surface area contributed by atoms with Gasteiger partial charge in [-0.25, -0.2) is 4.68 Å². The number of nitrogens with one attached hydrogen (secondary N) is 1. The first-order chi connectivity index (χ1) is 9.05. The van der Waals surface area contributed by atoms with Gasteiger partial charge in [-0.15, -0.1) is 0 Å². The van der Waals surface area contributed by atoms with Gasteiger partial charge >= 0.3 is 0 Å². The number of fused-ring (bicyclic) bond motifs is 1. The van der Waals surface area contributed by atoms with Crippen molar-refractivity contribution in [3.8, 4) is 0 Å². The van der Waals surface area contributed by atoms with Crippen molar-refractivity contribution >= 4 is 5.95 Å². The summed E-state index contributed by atoms with van der Waals surface area (Å²) in [5.74, 6) is 0.760. The fourth-order valence-corrected chi connectivity index (χ4v) is 2.48. The molecule has 0 radical (unpaired) electrons. The average molecular weight is 257 g/mol. The van der Waals surface area contributed by atoms with Crippen molar-refractivity contribution in [1.29, 1.82) is 0 Å². The number of tetrazole rings is 1. The van der Waals surface area contributed by atoms with Crippen molar-refractivity contribution in [1.82, 2.24) is 20.2 Å². The van der Waals surface area contributed by atoms with Crippen LogP contribution in [-0.4, -0.2) is 26.8 Å². The zero-order chi connectivity index (χ0) is 13.5. The second-order valence-electron chi connectivity index (χ2n) is 6.05. The predicted octanol–water partition coefficient (Wildman–Crippen LogP) is 2.38. The highest BCUT2D eigenvalue weighted by atomic mass is 15.6. The Kier molecular flexibility index (Phi) is 2.77. The van der Waals surface area contributed by atoms with E-state index in [1.54, 1.807) is 0 Å². The van der Waals surface area contributed by atoms with Gasteiger partial charge < -0.3 is 5.32 Å². The number of anilines is 1. The van der Waals surface area contributed by atoms with E-state index in [4.69, 9.17) is 0 Å². The Labute approximate surface area is 113 Å². The SMILES string of the molecule is CC(C)(C)c1ccc(C2CCNc3nnnn32)cc1. The summed E-state index contributed by atoms with van der Waals surface area (Å²) in [5.41, 5.74) is 2.80. The second-order valence-corrected chi connectivity index (χ2v) is 6.05. The molecule has 1 N–H and O–H groups in total. The van der Waals surface area contributed by atoms with E-state index in [2.05, 4.69) is 65.9 Å². The minimum absolute atomic E-state index is 0.187. The Bertz CT molecular complexity index is 564. The molecule has 2 aromatic rings. The standard InChI is InChI=1S/C14H19N5/c1-14(2,3)11-6-4-10(5-7-11)12-8-9-15-13-16-17-18-19(12)13/h4-7,12H,8-9H2,1-3H3,(H,15,16,18). The lowest BCUT2D eigenvalue weighted by molar-refractivity contribution is 0.468. The van der Waals surface area contributed by atoms with Gasteiger partial charge in [-0.05, 0) is 33.4 Å².